The fourth-order valence-corrected chi connectivity index (χ4v) is 2.88. The standard InChI is InChI=1S/C17H13N5O6S/c1-10-2-5-12(8-14(10)22(26)27)18-15(23)9-29-17-20-19-16(28-17)11-3-6-13(7-4-11)21(24)25/h2-8H,9H2,1H3,(H,18,23). The number of nitrogens with one attached hydrogen (secondary N) is 1. The van der Waals surface area contributed by atoms with E-state index in [1.807, 2.05) is 0 Å². The molecule has 3 rings (SSSR count). The minimum absolute atomic E-state index is 0.0520. The van der Waals surface area contributed by atoms with E-state index in [-0.39, 0.29) is 28.2 Å². The predicted molar refractivity (Wildman–Crippen MR) is 104 cm³/mol. The average molecular weight is 415 g/mol. The van der Waals surface area contributed by atoms with Crippen LogP contribution in [0.15, 0.2) is 52.1 Å². The van der Waals surface area contributed by atoms with Crippen LogP contribution in [0.3, 0.4) is 0 Å². The van der Waals surface area contributed by atoms with Gasteiger partial charge in [0.2, 0.25) is 11.8 Å². The smallest absolute Gasteiger partial charge is 0.277 e. The highest BCUT2D eigenvalue weighted by molar-refractivity contribution is 7.99. The minimum Gasteiger partial charge on any atom is -0.411 e. The summed E-state index contributed by atoms with van der Waals surface area (Å²) in [4.78, 5) is 32.7. The lowest BCUT2D eigenvalue weighted by Gasteiger charge is -2.05. The van der Waals surface area contributed by atoms with Crippen molar-refractivity contribution in [3.63, 3.8) is 0 Å². The van der Waals surface area contributed by atoms with Crippen LogP contribution < -0.4 is 5.32 Å². The lowest BCUT2D eigenvalue weighted by Crippen LogP contribution is -2.14. The molecule has 0 saturated heterocycles. The molecule has 3 aromatic rings. The predicted octanol–water partition coefficient (Wildman–Crippen LogP) is 3.59. The summed E-state index contributed by atoms with van der Waals surface area (Å²) >= 11 is 0.991. The van der Waals surface area contributed by atoms with Crippen molar-refractivity contribution in [1.82, 2.24) is 10.2 Å². The van der Waals surface area contributed by atoms with Gasteiger partial charge in [-0.2, -0.15) is 0 Å². The molecule has 0 fully saturated rings. The van der Waals surface area contributed by atoms with Crippen molar-refractivity contribution in [3.8, 4) is 11.5 Å². The highest BCUT2D eigenvalue weighted by atomic mass is 32.2. The Morgan fingerprint density at radius 2 is 1.83 bits per heavy atom. The maximum Gasteiger partial charge on any atom is 0.277 e. The molecular weight excluding hydrogens is 402 g/mol. The molecule has 0 saturated carbocycles. The van der Waals surface area contributed by atoms with Crippen LogP contribution in [-0.2, 0) is 4.79 Å². The molecular formula is C17H13N5O6S. The molecule has 0 bridgehead atoms. The van der Waals surface area contributed by atoms with E-state index in [9.17, 15) is 25.0 Å². The third-order valence-corrected chi connectivity index (χ3v) is 4.57. The molecule has 1 heterocycles. The van der Waals surface area contributed by atoms with Crippen LogP contribution in [0.5, 0.6) is 0 Å². The zero-order valence-electron chi connectivity index (χ0n) is 14.9. The number of nitrogens with zero attached hydrogens (tertiary/aromatic N) is 4. The number of aromatic nitrogens is 2. The topological polar surface area (TPSA) is 154 Å². The number of benzene rings is 2. The van der Waals surface area contributed by atoms with Gasteiger partial charge in [-0.05, 0) is 25.1 Å². The largest absolute Gasteiger partial charge is 0.411 e. The molecule has 12 heteroatoms. The molecule has 0 atom stereocenters. The number of carbonyl (C=O) groups is 1. The Kier molecular flexibility index (Phi) is 5.83. The van der Waals surface area contributed by atoms with Gasteiger partial charge in [0.15, 0.2) is 0 Å². The molecule has 148 valence electrons. The Morgan fingerprint density at radius 3 is 2.48 bits per heavy atom. The molecule has 1 amide bonds. The second-order valence-electron chi connectivity index (χ2n) is 5.77. The number of rotatable bonds is 7. The van der Waals surface area contributed by atoms with Crippen LogP contribution in [-0.4, -0.2) is 31.7 Å². The van der Waals surface area contributed by atoms with Gasteiger partial charge in [0.1, 0.15) is 0 Å². The molecule has 0 radical (unpaired) electrons. The third kappa shape index (κ3) is 4.93. The second kappa shape index (κ2) is 8.48. The highest BCUT2D eigenvalue weighted by Gasteiger charge is 2.15. The van der Waals surface area contributed by atoms with Crippen molar-refractivity contribution < 1.29 is 19.1 Å². The summed E-state index contributed by atoms with van der Waals surface area (Å²) in [7, 11) is 0. The van der Waals surface area contributed by atoms with E-state index in [4.69, 9.17) is 4.42 Å². The first-order valence-corrected chi connectivity index (χ1v) is 9.08. The zero-order chi connectivity index (χ0) is 21.0. The average Bonchev–Trinajstić information content (AvgIpc) is 3.17. The van der Waals surface area contributed by atoms with Crippen molar-refractivity contribution in [2.45, 2.75) is 12.1 Å². The van der Waals surface area contributed by atoms with Crippen molar-refractivity contribution in [1.29, 1.82) is 0 Å². The van der Waals surface area contributed by atoms with Gasteiger partial charge in [-0.25, -0.2) is 0 Å². The fraction of sp³-hybridized carbons (Fsp3) is 0.118. The summed E-state index contributed by atoms with van der Waals surface area (Å²) in [6.07, 6.45) is 0. The second-order valence-corrected chi connectivity index (χ2v) is 6.70. The molecule has 2 aromatic carbocycles. The number of thioether (sulfide) groups is 1. The monoisotopic (exact) mass is 415 g/mol. The zero-order valence-corrected chi connectivity index (χ0v) is 15.7. The molecule has 0 spiro atoms. The van der Waals surface area contributed by atoms with E-state index in [0.717, 1.165) is 11.8 Å². The molecule has 0 aliphatic carbocycles. The van der Waals surface area contributed by atoms with Crippen molar-refractivity contribution in [3.05, 3.63) is 68.3 Å². The van der Waals surface area contributed by atoms with Gasteiger partial charge in [-0.3, -0.25) is 25.0 Å². The van der Waals surface area contributed by atoms with Gasteiger partial charge in [0.25, 0.3) is 16.6 Å². The Balaban J connectivity index is 1.59. The first kappa shape index (κ1) is 19.9. The van der Waals surface area contributed by atoms with Crippen LogP contribution in [0.25, 0.3) is 11.5 Å². The Bertz CT molecular complexity index is 1080. The summed E-state index contributed by atoms with van der Waals surface area (Å²) in [6, 6.07) is 10.0. The molecule has 29 heavy (non-hydrogen) atoms. The van der Waals surface area contributed by atoms with Crippen molar-refractivity contribution in [2.75, 3.05) is 11.1 Å². The van der Waals surface area contributed by atoms with Gasteiger partial charge in [0.05, 0.1) is 15.6 Å². The molecule has 0 aliphatic heterocycles. The SMILES string of the molecule is Cc1ccc(NC(=O)CSc2nnc(-c3ccc([N+](=O)[O-])cc3)o2)cc1[N+](=O)[O-]. The van der Waals surface area contributed by atoms with Crippen molar-refractivity contribution in [2.24, 2.45) is 0 Å². The number of nitro groups is 2. The van der Waals surface area contributed by atoms with Crippen LogP contribution in [0.4, 0.5) is 17.1 Å². The van der Waals surface area contributed by atoms with Crippen LogP contribution in [0.2, 0.25) is 0 Å². The number of carbonyl (C=O) groups excluding carboxylic acids is 1. The van der Waals surface area contributed by atoms with Crippen LogP contribution in [0.1, 0.15) is 5.56 Å². The maximum atomic E-state index is 12.1. The van der Waals surface area contributed by atoms with Crippen molar-refractivity contribution >= 4 is 34.7 Å². The summed E-state index contributed by atoms with van der Waals surface area (Å²) in [5.74, 6) is -0.288. The summed E-state index contributed by atoms with van der Waals surface area (Å²) < 4.78 is 5.44. The molecule has 0 unspecified atom stereocenters. The van der Waals surface area contributed by atoms with Crippen LogP contribution in [0, 0.1) is 27.2 Å². The van der Waals surface area contributed by atoms with E-state index in [2.05, 4.69) is 15.5 Å². The lowest BCUT2D eigenvalue weighted by atomic mass is 10.2. The fourth-order valence-electron chi connectivity index (χ4n) is 2.32. The summed E-state index contributed by atoms with van der Waals surface area (Å²) in [6.45, 7) is 1.61. The highest BCUT2D eigenvalue weighted by Crippen LogP contribution is 2.26. The number of anilines is 1. The van der Waals surface area contributed by atoms with E-state index in [0.29, 0.717) is 16.8 Å². The van der Waals surface area contributed by atoms with E-state index in [1.54, 1.807) is 19.1 Å². The normalized spacial score (nSPS) is 10.5. The number of aryl methyl sites for hydroxylation is 1. The minimum atomic E-state index is -0.516. The third-order valence-electron chi connectivity index (χ3n) is 3.75. The number of hydrogen-bond donors (Lipinski definition) is 1. The first-order valence-electron chi connectivity index (χ1n) is 8.09. The van der Waals surface area contributed by atoms with E-state index >= 15 is 0 Å². The van der Waals surface area contributed by atoms with Gasteiger partial charge in [-0.15, -0.1) is 10.2 Å². The van der Waals surface area contributed by atoms with E-state index in [1.165, 1.54) is 30.3 Å². The number of amides is 1. The number of nitro benzene ring substituents is 2. The lowest BCUT2D eigenvalue weighted by molar-refractivity contribution is -0.385. The molecule has 1 aromatic heterocycles. The Hall–Kier alpha value is -3.80. The Labute approximate surface area is 167 Å². The van der Waals surface area contributed by atoms with E-state index < -0.39 is 15.8 Å². The van der Waals surface area contributed by atoms with Gasteiger partial charge in [0, 0.05) is 35.0 Å². The van der Waals surface area contributed by atoms with Gasteiger partial charge in [-0.1, -0.05) is 17.8 Å². The van der Waals surface area contributed by atoms with Gasteiger partial charge >= 0.3 is 0 Å². The summed E-state index contributed by atoms with van der Waals surface area (Å²) in [5.41, 5.74) is 1.17. The quantitative estimate of drug-likeness (QED) is 0.346. The maximum absolute atomic E-state index is 12.1. The summed E-state index contributed by atoms with van der Waals surface area (Å²) in [5, 5.41) is 32.0. The van der Waals surface area contributed by atoms with Crippen LogP contribution >= 0.6 is 11.8 Å². The first-order chi connectivity index (χ1) is 13.8. The molecule has 1 N–H and O–H groups in total. The van der Waals surface area contributed by atoms with Gasteiger partial charge < -0.3 is 9.73 Å². The molecule has 0 aliphatic rings. The number of non-ortho nitro benzene ring substituents is 1. The number of hydrogen-bond acceptors (Lipinski definition) is 9. The molecule has 11 nitrogen and oxygen atoms in total. The Morgan fingerprint density at radius 1 is 1.10 bits per heavy atom.